The molecule has 1 aliphatic heterocycles. The second-order valence-corrected chi connectivity index (χ2v) is 8.46. The van der Waals surface area contributed by atoms with Crippen LogP contribution in [-0.4, -0.2) is 36.5 Å². The maximum absolute atomic E-state index is 14.0. The number of nitrogens with zero attached hydrogens (tertiary/aromatic N) is 2. The van der Waals surface area contributed by atoms with E-state index in [1.54, 1.807) is 40.1 Å². The first-order valence-corrected chi connectivity index (χ1v) is 11.5. The molecule has 6 heteroatoms. The summed E-state index contributed by atoms with van der Waals surface area (Å²) in [6.07, 6.45) is 8.81. The summed E-state index contributed by atoms with van der Waals surface area (Å²) in [7, 11) is 0. The minimum atomic E-state index is -0.299. The summed E-state index contributed by atoms with van der Waals surface area (Å²) in [6, 6.07) is 13.5. The quantitative estimate of drug-likeness (QED) is 0.602. The fourth-order valence-electron chi connectivity index (χ4n) is 4.36. The molecule has 4 rings (SSSR count). The van der Waals surface area contributed by atoms with Gasteiger partial charge in [0.15, 0.2) is 0 Å². The number of hydrogen-bond donors (Lipinski definition) is 1. The minimum Gasteiger partial charge on any atom is -0.352 e. The van der Waals surface area contributed by atoms with E-state index < -0.39 is 0 Å². The van der Waals surface area contributed by atoms with Gasteiger partial charge in [0.05, 0.1) is 6.54 Å². The van der Waals surface area contributed by atoms with Gasteiger partial charge in [-0.2, -0.15) is 0 Å². The summed E-state index contributed by atoms with van der Waals surface area (Å²) in [6.45, 7) is 2.09. The van der Waals surface area contributed by atoms with Crippen LogP contribution in [0.4, 0.5) is 14.9 Å². The number of allylic oxidation sites excluding steroid dienone is 1. The van der Waals surface area contributed by atoms with Gasteiger partial charge in [0.2, 0.25) is 0 Å². The molecule has 5 nitrogen and oxygen atoms in total. The lowest BCUT2D eigenvalue weighted by molar-refractivity contribution is 0.0954. The van der Waals surface area contributed by atoms with Gasteiger partial charge < -0.3 is 10.2 Å². The molecule has 168 valence electrons. The van der Waals surface area contributed by atoms with Crippen molar-refractivity contribution in [3.63, 3.8) is 0 Å². The first-order chi connectivity index (χ1) is 15.6. The van der Waals surface area contributed by atoms with E-state index >= 15 is 0 Å². The number of anilines is 1. The predicted molar refractivity (Wildman–Crippen MR) is 124 cm³/mol. The van der Waals surface area contributed by atoms with Gasteiger partial charge in [-0.3, -0.25) is 9.69 Å². The molecule has 1 N–H and O–H groups in total. The molecule has 0 saturated carbocycles. The first kappa shape index (κ1) is 22.1. The van der Waals surface area contributed by atoms with E-state index in [9.17, 15) is 14.0 Å². The molecule has 0 radical (unpaired) electrons. The SMILES string of the molecule is O=C(NCCC1=CCCCC1)c1ccc(N2CCCN(Cc3ccccc3F)C2=O)cc1. The van der Waals surface area contributed by atoms with Crippen LogP contribution < -0.4 is 10.2 Å². The van der Waals surface area contributed by atoms with Crippen LogP contribution in [0.1, 0.15) is 54.4 Å². The average Bonchev–Trinajstić information content (AvgIpc) is 2.82. The largest absolute Gasteiger partial charge is 0.352 e. The van der Waals surface area contributed by atoms with Gasteiger partial charge in [-0.15, -0.1) is 0 Å². The van der Waals surface area contributed by atoms with Crippen LogP contribution in [0, 0.1) is 5.82 Å². The van der Waals surface area contributed by atoms with Crippen molar-refractivity contribution in [2.75, 3.05) is 24.5 Å². The number of rotatable bonds is 7. The number of nitrogens with one attached hydrogen (secondary N) is 1. The van der Waals surface area contributed by atoms with Crippen LogP contribution in [0.15, 0.2) is 60.2 Å². The zero-order valence-electron chi connectivity index (χ0n) is 18.4. The summed E-state index contributed by atoms with van der Waals surface area (Å²) in [5.74, 6) is -0.397. The number of halogens is 1. The summed E-state index contributed by atoms with van der Waals surface area (Å²) >= 11 is 0. The summed E-state index contributed by atoms with van der Waals surface area (Å²) in [5.41, 5.74) is 3.28. The van der Waals surface area contributed by atoms with E-state index in [-0.39, 0.29) is 24.3 Å². The highest BCUT2D eigenvalue weighted by atomic mass is 19.1. The van der Waals surface area contributed by atoms with Crippen molar-refractivity contribution >= 4 is 17.6 Å². The van der Waals surface area contributed by atoms with Crippen LogP contribution in [-0.2, 0) is 6.54 Å². The number of benzene rings is 2. The lowest BCUT2D eigenvalue weighted by atomic mass is 9.97. The van der Waals surface area contributed by atoms with Crippen molar-refractivity contribution in [1.82, 2.24) is 10.2 Å². The number of amides is 3. The van der Waals surface area contributed by atoms with E-state index in [0.29, 0.717) is 30.8 Å². The maximum atomic E-state index is 14.0. The molecule has 2 aliphatic rings. The Kier molecular flexibility index (Phi) is 7.20. The average molecular weight is 436 g/mol. The first-order valence-electron chi connectivity index (χ1n) is 11.5. The molecular weight excluding hydrogens is 405 g/mol. The van der Waals surface area contributed by atoms with Crippen LogP contribution in [0.2, 0.25) is 0 Å². The molecule has 1 aliphatic carbocycles. The Hall–Kier alpha value is -3.15. The third-order valence-corrected chi connectivity index (χ3v) is 6.19. The Morgan fingerprint density at radius 1 is 1.00 bits per heavy atom. The van der Waals surface area contributed by atoms with Gasteiger partial charge in [-0.1, -0.05) is 29.8 Å². The van der Waals surface area contributed by atoms with Gasteiger partial charge in [-0.25, -0.2) is 9.18 Å². The molecule has 2 aromatic carbocycles. The van der Waals surface area contributed by atoms with Gasteiger partial charge in [-0.05, 0) is 68.9 Å². The lowest BCUT2D eigenvalue weighted by Gasteiger charge is -2.35. The Morgan fingerprint density at radius 3 is 2.56 bits per heavy atom. The normalized spacial score (nSPS) is 16.7. The Morgan fingerprint density at radius 2 is 1.81 bits per heavy atom. The van der Waals surface area contributed by atoms with Crippen molar-refractivity contribution in [3.05, 3.63) is 77.1 Å². The summed E-state index contributed by atoms with van der Waals surface area (Å²) in [5, 5.41) is 2.99. The zero-order chi connectivity index (χ0) is 22.3. The van der Waals surface area contributed by atoms with E-state index in [2.05, 4.69) is 11.4 Å². The molecule has 0 aromatic heterocycles. The van der Waals surface area contributed by atoms with E-state index in [4.69, 9.17) is 0 Å². The fraction of sp³-hybridized carbons (Fsp3) is 0.385. The topological polar surface area (TPSA) is 52.7 Å². The summed E-state index contributed by atoms with van der Waals surface area (Å²) in [4.78, 5) is 28.8. The van der Waals surface area contributed by atoms with Crippen molar-refractivity contribution in [2.24, 2.45) is 0 Å². The number of carbonyl (C=O) groups is 2. The third-order valence-electron chi connectivity index (χ3n) is 6.19. The number of urea groups is 1. The molecule has 1 heterocycles. The minimum absolute atomic E-state index is 0.0980. The maximum Gasteiger partial charge on any atom is 0.324 e. The van der Waals surface area contributed by atoms with Crippen molar-refractivity contribution in [1.29, 1.82) is 0 Å². The van der Waals surface area contributed by atoms with E-state index in [0.717, 1.165) is 31.4 Å². The molecule has 0 spiro atoms. The molecule has 0 unspecified atom stereocenters. The molecule has 0 bridgehead atoms. The second kappa shape index (κ2) is 10.4. The lowest BCUT2D eigenvalue weighted by Crippen LogP contribution is -2.49. The van der Waals surface area contributed by atoms with Crippen molar-refractivity contribution in [2.45, 2.75) is 45.1 Å². The van der Waals surface area contributed by atoms with Crippen LogP contribution in [0.3, 0.4) is 0 Å². The Bertz CT molecular complexity index is 987. The van der Waals surface area contributed by atoms with E-state index in [1.807, 2.05) is 12.1 Å². The molecule has 0 atom stereocenters. The predicted octanol–water partition coefficient (Wildman–Crippen LogP) is 5.28. The smallest absolute Gasteiger partial charge is 0.324 e. The highest BCUT2D eigenvalue weighted by Gasteiger charge is 2.27. The molecule has 1 saturated heterocycles. The molecule has 1 fully saturated rings. The highest BCUT2D eigenvalue weighted by Crippen LogP contribution is 2.23. The van der Waals surface area contributed by atoms with Gasteiger partial charge in [0, 0.05) is 36.4 Å². The number of carbonyl (C=O) groups excluding carboxylic acids is 2. The second-order valence-electron chi connectivity index (χ2n) is 8.46. The van der Waals surface area contributed by atoms with Crippen molar-refractivity contribution < 1.29 is 14.0 Å². The molecule has 32 heavy (non-hydrogen) atoms. The van der Waals surface area contributed by atoms with E-state index in [1.165, 1.54) is 24.5 Å². The molecular formula is C26H30FN3O2. The van der Waals surface area contributed by atoms with Crippen molar-refractivity contribution in [3.8, 4) is 0 Å². The summed E-state index contributed by atoms with van der Waals surface area (Å²) < 4.78 is 14.0. The monoisotopic (exact) mass is 435 g/mol. The highest BCUT2D eigenvalue weighted by molar-refractivity contribution is 5.96. The van der Waals surface area contributed by atoms with Crippen LogP contribution in [0.25, 0.3) is 0 Å². The van der Waals surface area contributed by atoms with Gasteiger partial charge in [0.1, 0.15) is 5.82 Å². The van der Waals surface area contributed by atoms with Gasteiger partial charge >= 0.3 is 6.03 Å². The number of hydrogen-bond acceptors (Lipinski definition) is 2. The third kappa shape index (κ3) is 5.36. The van der Waals surface area contributed by atoms with Gasteiger partial charge in [0.25, 0.3) is 5.91 Å². The molecule has 2 aromatic rings. The Labute approximate surface area is 188 Å². The van der Waals surface area contributed by atoms with Crippen LogP contribution in [0.5, 0.6) is 0 Å². The Balaban J connectivity index is 1.34. The van der Waals surface area contributed by atoms with Crippen LogP contribution >= 0.6 is 0 Å². The fourth-order valence-corrected chi connectivity index (χ4v) is 4.36. The zero-order valence-corrected chi connectivity index (χ0v) is 18.4. The molecule has 3 amide bonds. The standard InChI is InChI=1S/C26H30FN3O2/c27-24-10-5-4-9-22(24)19-29-17-6-18-30(26(29)32)23-13-11-21(12-14-23)25(31)28-16-15-20-7-2-1-3-8-20/h4-5,7,9-14H,1-3,6,8,15-19H2,(H,28,31).